The van der Waals surface area contributed by atoms with Crippen LogP contribution in [0.3, 0.4) is 0 Å². The third-order valence-corrected chi connectivity index (χ3v) is 6.59. The molecule has 2 rings (SSSR count). The molecule has 2 aliphatic carbocycles. The van der Waals surface area contributed by atoms with Crippen LogP contribution in [0.1, 0.15) is 65.2 Å². The molecule has 0 aromatic carbocycles. The van der Waals surface area contributed by atoms with Gasteiger partial charge in [-0.05, 0) is 44.8 Å². The maximum Gasteiger partial charge on any atom is 0.191 e. The number of nitrogens with one attached hydrogen (secondary N) is 2. The summed E-state index contributed by atoms with van der Waals surface area (Å²) < 4.78 is 5.96. The molecule has 3 N–H and O–H groups in total. The molecule has 2 atom stereocenters. The molecule has 0 spiro atoms. The second-order valence-corrected chi connectivity index (χ2v) is 8.67. The zero-order valence-electron chi connectivity index (χ0n) is 16.5. The Balaban J connectivity index is 0.00000338. The van der Waals surface area contributed by atoms with E-state index in [1.807, 2.05) is 11.8 Å². The minimum absolute atomic E-state index is 0. The van der Waals surface area contributed by atoms with Crippen LogP contribution >= 0.6 is 35.7 Å². The van der Waals surface area contributed by atoms with E-state index in [2.05, 4.69) is 29.5 Å². The van der Waals surface area contributed by atoms with E-state index < -0.39 is 5.60 Å². The number of guanidine groups is 1. The lowest BCUT2D eigenvalue weighted by Crippen LogP contribution is -2.53. The highest BCUT2D eigenvalue weighted by Crippen LogP contribution is 2.41. The Hall–Kier alpha value is 0.270. The fourth-order valence-corrected chi connectivity index (χ4v) is 4.72. The van der Waals surface area contributed by atoms with Gasteiger partial charge >= 0.3 is 0 Å². The summed E-state index contributed by atoms with van der Waals surface area (Å²) in [6.45, 7) is 7.19. The molecule has 0 heterocycles. The molecule has 2 saturated carbocycles. The molecule has 2 aliphatic rings. The molecule has 2 unspecified atom stereocenters. The first-order valence-electron chi connectivity index (χ1n) is 10.2. The van der Waals surface area contributed by atoms with E-state index in [1.54, 1.807) is 0 Å². The van der Waals surface area contributed by atoms with Crippen molar-refractivity contribution in [2.24, 2.45) is 4.99 Å². The summed E-state index contributed by atoms with van der Waals surface area (Å²) in [5.41, 5.74) is -0.618. The molecule has 0 aromatic rings. The molecular formula is C19H38IN3O2S. The number of nitrogens with zero attached hydrogens (tertiary/aromatic N) is 1. The standard InChI is InChI=1S/C19H37N3O2S.HI/c1-3-20-18(22-15-19(23)12-11-17(19)25-4-2)21-13-8-14-24-16-9-6-5-7-10-16;/h16-17,23H,3-15H2,1-2H3,(H2,20,21,22);1H. The van der Waals surface area contributed by atoms with E-state index in [-0.39, 0.29) is 24.0 Å². The maximum atomic E-state index is 10.7. The van der Waals surface area contributed by atoms with E-state index in [0.29, 0.717) is 17.9 Å². The van der Waals surface area contributed by atoms with Crippen LogP contribution in [0.15, 0.2) is 4.99 Å². The van der Waals surface area contributed by atoms with Crippen molar-refractivity contribution in [1.29, 1.82) is 0 Å². The summed E-state index contributed by atoms with van der Waals surface area (Å²) in [5, 5.41) is 17.6. The SMILES string of the molecule is CCNC(=NCC1(O)CCC1SCC)NCCCOC1CCCCC1.I. The predicted octanol–water partition coefficient (Wildman–Crippen LogP) is 3.55. The highest BCUT2D eigenvalue weighted by molar-refractivity contribution is 14.0. The molecule has 0 radical (unpaired) electrons. The molecule has 26 heavy (non-hydrogen) atoms. The van der Waals surface area contributed by atoms with E-state index in [1.165, 1.54) is 32.1 Å². The lowest BCUT2D eigenvalue weighted by atomic mass is 9.79. The number of ether oxygens (including phenoxy) is 1. The second-order valence-electron chi connectivity index (χ2n) is 7.19. The fraction of sp³-hybridized carbons (Fsp3) is 0.947. The van der Waals surface area contributed by atoms with Crippen molar-refractivity contribution in [2.75, 3.05) is 32.0 Å². The molecule has 7 heteroatoms. The molecule has 0 amide bonds. The van der Waals surface area contributed by atoms with Gasteiger partial charge in [0.15, 0.2) is 5.96 Å². The topological polar surface area (TPSA) is 65.9 Å². The first kappa shape index (κ1) is 24.3. The van der Waals surface area contributed by atoms with Crippen LogP contribution in [0.25, 0.3) is 0 Å². The van der Waals surface area contributed by atoms with Crippen molar-refractivity contribution in [2.45, 2.75) is 82.2 Å². The largest absolute Gasteiger partial charge is 0.387 e. The number of thioether (sulfide) groups is 1. The minimum Gasteiger partial charge on any atom is -0.387 e. The van der Waals surface area contributed by atoms with Crippen molar-refractivity contribution in [1.82, 2.24) is 10.6 Å². The Bertz CT molecular complexity index is 408. The second kappa shape index (κ2) is 13.4. The molecule has 0 saturated heterocycles. The van der Waals surface area contributed by atoms with E-state index >= 15 is 0 Å². The molecule has 0 bridgehead atoms. The predicted molar refractivity (Wildman–Crippen MR) is 123 cm³/mol. The van der Waals surface area contributed by atoms with Crippen LogP contribution < -0.4 is 10.6 Å². The van der Waals surface area contributed by atoms with Gasteiger partial charge in [-0.25, -0.2) is 0 Å². The average molecular weight is 500 g/mol. The van der Waals surface area contributed by atoms with E-state index in [0.717, 1.165) is 50.7 Å². The van der Waals surface area contributed by atoms with Gasteiger partial charge in [0, 0.05) is 24.9 Å². The van der Waals surface area contributed by atoms with E-state index in [9.17, 15) is 5.11 Å². The van der Waals surface area contributed by atoms with Crippen LogP contribution in [-0.4, -0.2) is 60.0 Å². The van der Waals surface area contributed by atoms with Crippen molar-refractivity contribution >= 4 is 41.7 Å². The van der Waals surface area contributed by atoms with Crippen molar-refractivity contribution < 1.29 is 9.84 Å². The third-order valence-electron chi connectivity index (χ3n) is 5.18. The molecule has 2 fully saturated rings. The fourth-order valence-electron chi connectivity index (χ4n) is 3.53. The average Bonchev–Trinajstić information content (AvgIpc) is 2.63. The first-order chi connectivity index (χ1) is 12.2. The lowest BCUT2D eigenvalue weighted by molar-refractivity contribution is -0.0154. The zero-order chi connectivity index (χ0) is 18.0. The van der Waals surface area contributed by atoms with Gasteiger partial charge in [-0.1, -0.05) is 26.2 Å². The molecule has 154 valence electrons. The van der Waals surface area contributed by atoms with Gasteiger partial charge in [-0.15, -0.1) is 24.0 Å². The van der Waals surface area contributed by atoms with Gasteiger partial charge in [-0.2, -0.15) is 11.8 Å². The van der Waals surface area contributed by atoms with Crippen molar-refractivity contribution in [3.05, 3.63) is 0 Å². The Labute approximate surface area is 180 Å². The Morgan fingerprint density at radius 2 is 1.96 bits per heavy atom. The third kappa shape index (κ3) is 8.10. The van der Waals surface area contributed by atoms with Gasteiger partial charge in [0.25, 0.3) is 0 Å². The van der Waals surface area contributed by atoms with Gasteiger partial charge in [0.2, 0.25) is 0 Å². The summed E-state index contributed by atoms with van der Waals surface area (Å²) in [6, 6.07) is 0. The maximum absolute atomic E-state index is 10.7. The number of rotatable bonds is 10. The Morgan fingerprint density at radius 1 is 1.19 bits per heavy atom. The van der Waals surface area contributed by atoms with Crippen LogP contribution in [0.5, 0.6) is 0 Å². The number of aliphatic imine (C=N–C) groups is 1. The van der Waals surface area contributed by atoms with Gasteiger partial charge < -0.3 is 20.5 Å². The summed E-state index contributed by atoms with van der Waals surface area (Å²) in [6.07, 6.45) is 9.90. The lowest BCUT2D eigenvalue weighted by Gasteiger charge is -2.44. The van der Waals surface area contributed by atoms with Gasteiger partial charge in [-0.3, -0.25) is 4.99 Å². The van der Waals surface area contributed by atoms with E-state index in [4.69, 9.17) is 4.74 Å². The van der Waals surface area contributed by atoms with Gasteiger partial charge in [0.05, 0.1) is 18.2 Å². The number of halogens is 1. The molecular weight excluding hydrogens is 461 g/mol. The highest BCUT2D eigenvalue weighted by Gasteiger charge is 2.45. The smallest absolute Gasteiger partial charge is 0.191 e. The minimum atomic E-state index is -0.618. The van der Waals surface area contributed by atoms with Crippen LogP contribution in [0.2, 0.25) is 0 Å². The van der Waals surface area contributed by atoms with Crippen molar-refractivity contribution in [3.63, 3.8) is 0 Å². The Morgan fingerprint density at radius 3 is 2.58 bits per heavy atom. The molecule has 5 nitrogen and oxygen atoms in total. The highest BCUT2D eigenvalue weighted by atomic mass is 127. The first-order valence-corrected chi connectivity index (χ1v) is 11.2. The number of hydrogen-bond acceptors (Lipinski definition) is 4. The van der Waals surface area contributed by atoms with Crippen LogP contribution in [0, 0.1) is 0 Å². The number of hydrogen-bond donors (Lipinski definition) is 3. The monoisotopic (exact) mass is 499 g/mol. The summed E-state index contributed by atoms with van der Waals surface area (Å²) in [4.78, 5) is 4.62. The summed E-state index contributed by atoms with van der Waals surface area (Å²) in [7, 11) is 0. The molecule has 0 aromatic heterocycles. The number of aliphatic hydroxyl groups is 1. The summed E-state index contributed by atoms with van der Waals surface area (Å²) >= 11 is 1.85. The van der Waals surface area contributed by atoms with Crippen LogP contribution in [-0.2, 0) is 4.74 Å². The normalized spacial score (nSPS) is 26.7. The van der Waals surface area contributed by atoms with Crippen LogP contribution in [0.4, 0.5) is 0 Å². The summed E-state index contributed by atoms with van der Waals surface area (Å²) in [5.74, 6) is 1.86. The van der Waals surface area contributed by atoms with Gasteiger partial charge in [0.1, 0.15) is 0 Å². The quantitative estimate of drug-likeness (QED) is 0.186. The zero-order valence-corrected chi connectivity index (χ0v) is 19.6. The Kier molecular flexibility index (Phi) is 12.6. The molecule has 0 aliphatic heterocycles. The van der Waals surface area contributed by atoms with Crippen molar-refractivity contribution in [3.8, 4) is 0 Å².